The molecule has 0 aromatic heterocycles. The number of hydrogen-bond acceptors (Lipinski definition) is 7. The molecule has 4 N–H and O–H groups in total. The molecule has 0 heterocycles. The highest BCUT2D eigenvalue weighted by Gasteiger charge is 2.26. The van der Waals surface area contributed by atoms with Gasteiger partial charge in [-0.15, -0.1) is 0 Å². The van der Waals surface area contributed by atoms with E-state index >= 15 is 0 Å². The van der Waals surface area contributed by atoms with E-state index < -0.39 is 47.7 Å². The van der Waals surface area contributed by atoms with Crippen molar-refractivity contribution in [3.8, 4) is 0 Å². The predicted octanol–water partition coefficient (Wildman–Crippen LogP) is 3.49. The molecule has 0 fully saturated rings. The summed E-state index contributed by atoms with van der Waals surface area (Å²) >= 11 is 1.33. The lowest BCUT2D eigenvalue weighted by Crippen LogP contribution is -2.48. The Hall–Kier alpha value is -1.97. The Bertz CT molecular complexity index is 733. The maximum atomic E-state index is 12.3. The maximum Gasteiger partial charge on any atom is 0.407 e. The molecule has 0 aliphatic rings. The number of ether oxygens (including phenoxy) is 2. The summed E-state index contributed by atoms with van der Waals surface area (Å²) in [6, 6.07) is 8.47. The number of thioether (sulfide) groups is 1. The molecule has 0 unspecified atom stereocenters. The number of amides is 2. The summed E-state index contributed by atoms with van der Waals surface area (Å²) < 4.78 is 10.5. The van der Waals surface area contributed by atoms with Crippen LogP contribution in [0.4, 0.5) is 9.59 Å². The molecule has 0 saturated carbocycles. The molecular formula is C24H40N2O6S. The minimum Gasteiger partial charge on any atom is -0.444 e. The lowest BCUT2D eigenvalue weighted by molar-refractivity contribution is 0.0438. The van der Waals surface area contributed by atoms with Gasteiger partial charge in [-0.2, -0.15) is 11.8 Å². The summed E-state index contributed by atoms with van der Waals surface area (Å²) in [7, 11) is 0. The van der Waals surface area contributed by atoms with Crippen LogP contribution in [0.5, 0.6) is 0 Å². The topological polar surface area (TPSA) is 117 Å². The minimum atomic E-state index is -0.871. The van der Waals surface area contributed by atoms with Crippen molar-refractivity contribution in [2.75, 3.05) is 11.5 Å². The van der Waals surface area contributed by atoms with Crippen LogP contribution in [0.2, 0.25) is 0 Å². The molecule has 9 heteroatoms. The van der Waals surface area contributed by atoms with E-state index in [0.29, 0.717) is 12.2 Å². The number of alkyl carbamates (subject to hydrolysis) is 2. The number of aliphatic hydroxyl groups is 2. The Morgan fingerprint density at radius 3 is 1.88 bits per heavy atom. The van der Waals surface area contributed by atoms with Crippen LogP contribution in [0.15, 0.2) is 30.3 Å². The van der Waals surface area contributed by atoms with Gasteiger partial charge in [-0.25, -0.2) is 9.59 Å². The Kier molecular flexibility index (Phi) is 11.5. The smallest absolute Gasteiger partial charge is 0.407 e. The highest BCUT2D eigenvalue weighted by molar-refractivity contribution is 7.99. The molecule has 0 aliphatic carbocycles. The van der Waals surface area contributed by atoms with E-state index in [9.17, 15) is 19.8 Å². The van der Waals surface area contributed by atoms with Crippen LogP contribution in [0.25, 0.3) is 0 Å². The second-order valence-corrected chi connectivity index (χ2v) is 11.1. The van der Waals surface area contributed by atoms with Gasteiger partial charge in [-0.1, -0.05) is 30.3 Å². The fourth-order valence-electron chi connectivity index (χ4n) is 2.77. The molecule has 0 saturated heterocycles. The van der Waals surface area contributed by atoms with Crippen LogP contribution in [-0.4, -0.2) is 69.4 Å². The average Bonchev–Trinajstić information content (AvgIpc) is 2.65. The first kappa shape index (κ1) is 29.1. The molecule has 0 spiro atoms. The molecule has 0 aliphatic heterocycles. The molecule has 2 amide bonds. The monoisotopic (exact) mass is 484 g/mol. The van der Waals surface area contributed by atoms with Gasteiger partial charge in [0.2, 0.25) is 0 Å². The Balaban J connectivity index is 2.62. The first-order valence-electron chi connectivity index (χ1n) is 11.1. The number of carbonyl (C=O) groups is 2. The van der Waals surface area contributed by atoms with Crippen molar-refractivity contribution in [1.29, 1.82) is 0 Å². The first-order chi connectivity index (χ1) is 15.2. The molecule has 1 rings (SSSR count). The minimum absolute atomic E-state index is 0.281. The number of nitrogens with one attached hydrogen (secondary N) is 2. The van der Waals surface area contributed by atoms with E-state index in [1.807, 2.05) is 30.3 Å². The number of aliphatic hydroxyl groups excluding tert-OH is 2. The summed E-state index contributed by atoms with van der Waals surface area (Å²) in [4.78, 5) is 24.2. The van der Waals surface area contributed by atoms with Gasteiger partial charge in [0.05, 0.1) is 24.3 Å². The van der Waals surface area contributed by atoms with E-state index in [1.54, 1.807) is 48.5 Å². The molecule has 1 aromatic carbocycles. The second-order valence-electron chi connectivity index (χ2n) is 10.0. The zero-order chi connectivity index (χ0) is 25.2. The molecular weight excluding hydrogens is 444 g/mol. The van der Waals surface area contributed by atoms with Crippen molar-refractivity contribution in [3.05, 3.63) is 35.9 Å². The number of carbonyl (C=O) groups excluding carboxylic acids is 2. The molecule has 4 atom stereocenters. The SMILES string of the molecule is C[C@H](NC(=O)OC(C)(C)C)[C@H](O)CSC[C@@H](O)[C@H](Cc1ccccc1)NC(=O)OC(C)(C)C. The Morgan fingerprint density at radius 1 is 0.879 bits per heavy atom. The summed E-state index contributed by atoms with van der Waals surface area (Å²) in [5.74, 6) is 0.571. The van der Waals surface area contributed by atoms with Gasteiger partial charge in [-0.3, -0.25) is 0 Å². The van der Waals surface area contributed by atoms with Gasteiger partial charge in [0.15, 0.2) is 0 Å². The Labute approximate surface area is 201 Å². The fourth-order valence-corrected chi connectivity index (χ4v) is 3.91. The second kappa shape index (κ2) is 13.1. The third kappa shape index (κ3) is 13.4. The lowest BCUT2D eigenvalue weighted by Gasteiger charge is -2.27. The first-order valence-corrected chi connectivity index (χ1v) is 12.3. The third-order valence-corrected chi connectivity index (χ3v) is 5.52. The number of rotatable bonds is 10. The fraction of sp³-hybridized carbons (Fsp3) is 0.667. The number of benzene rings is 1. The normalized spacial score (nSPS) is 15.7. The van der Waals surface area contributed by atoms with E-state index in [4.69, 9.17) is 9.47 Å². The van der Waals surface area contributed by atoms with E-state index in [-0.39, 0.29) is 5.75 Å². The van der Waals surface area contributed by atoms with Crippen LogP contribution in [0.1, 0.15) is 54.0 Å². The van der Waals surface area contributed by atoms with E-state index in [0.717, 1.165) is 5.56 Å². The van der Waals surface area contributed by atoms with E-state index in [1.165, 1.54) is 11.8 Å². The average molecular weight is 485 g/mol. The third-order valence-electron chi connectivity index (χ3n) is 4.36. The van der Waals surface area contributed by atoms with Crippen LogP contribution in [-0.2, 0) is 15.9 Å². The largest absolute Gasteiger partial charge is 0.444 e. The molecule has 8 nitrogen and oxygen atoms in total. The van der Waals surface area contributed by atoms with Crippen molar-refractivity contribution in [3.63, 3.8) is 0 Å². The van der Waals surface area contributed by atoms with Crippen molar-refractivity contribution in [2.24, 2.45) is 0 Å². The highest BCUT2D eigenvalue weighted by atomic mass is 32.2. The lowest BCUT2D eigenvalue weighted by atomic mass is 10.0. The molecule has 188 valence electrons. The molecule has 33 heavy (non-hydrogen) atoms. The zero-order valence-corrected chi connectivity index (χ0v) is 21.6. The summed E-state index contributed by atoms with van der Waals surface area (Å²) in [6.45, 7) is 12.3. The standard InChI is InChI=1S/C24H40N2O6S/c1-16(25-21(29)31-23(2,3)4)19(27)14-33-15-20(28)18(13-17-11-9-8-10-12-17)26-22(30)32-24(5,6)7/h8-12,16,18-20,27-28H,13-15H2,1-7H3,(H,25,29)(H,26,30)/t16-,18-,19+,20+/m0/s1. The van der Waals surface area contributed by atoms with E-state index in [2.05, 4.69) is 10.6 Å². The molecule has 0 bridgehead atoms. The van der Waals surface area contributed by atoms with Gasteiger partial charge in [0, 0.05) is 11.5 Å². The summed E-state index contributed by atoms with van der Waals surface area (Å²) in [5.41, 5.74) is -0.303. The molecule has 1 aromatic rings. The maximum absolute atomic E-state index is 12.3. The summed E-state index contributed by atoms with van der Waals surface area (Å²) in [5, 5.41) is 26.5. The van der Waals surface area contributed by atoms with Gasteiger partial charge < -0.3 is 30.3 Å². The van der Waals surface area contributed by atoms with Crippen molar-refractivity contribution in [2.45, 2.75) is 90.4 Å². The Morgan fingerprint density at radius 2 is 1.36 bits per heavy atom. The van der Waals surface area contributed by atoms with Gasteiger partial charge in [0.1, 0.15) is 11.2 Å². The zero-order valence-electron chi connectivity index (χ0n) is 20.8. The van der Waals surface area contributed by atoms with Gasteiger partial charge in [0.25, 0.3) is 0 Å². The number of hydrogen-bond donors (Lipinski definition) is 4. The predicted molar refractivity (Wildman–Crippen MR) is 131 cm³/mol. The highest BCUT2D eigenvalue weighted by Crippen LogP contribution is 2.15. The van der Waals surface area contributed by atoms with Crippen LogP contribution in [0, 0.1) is 0 Å². The van der Waals surface area contributed by atoms with Gasteiger partial charge in [-0.05, 0) is 60.5 Å². The van der Waals surface area contributed by atoms with Crippen molar-refractivity contribution < 1.29 is 29.3 Å². The van der Waals surface area contributed by atoms with Crippen LogP contribution >= 0.6 is 11.8 Å². The van der Waals surface area contributed by atoms with Crippen molar-refractivity contribution >= 4 is 23.9 Å². The van der Waals surface area contributed by atoms with Crippen LogP contribution < -0.4 is 10.6 Å². The summed E-state index contributed by atoms with van der Waals surface area (Å²) in [6.07, 6.45) is -2.46. The van der Waals surface area contributed by atoms with Crippen molar-refractivity contribution in [1.82, 2.24) is 10.6 Å². The van der Waals surface area contributed by atoms with Gasteiger partial charge >= 0.3 is 12.2 Å². The quantitative estimate of drug-likeness (QED) is 0.402. The molecule has 0 radical (unpaired) electrons. The van der Waals surface area contributed by atoms with Crippen LogP contribution in [0.3, 0.4) is 0 Å².